The molecule has 0 amide bonds. The predicted octanol–water partition coefficient (Wildman–Crippen LogP) is 3.78. The van der Waals surface area contributed by atoms with Crippen molar-refractivity contribution in [2.45, 2.75) is 24.8 Å². The Morgan fingerprint density at radius 3 is 2.46 bits per heavy atom. The lowest BCUT2D eigenvalue weighted by Gasteiger charge is -2.00. The zero-order chi connectivity index (χ0) is 9.68. The number of thioether (sulfide) groups is 1. The first kappa shape index (κ1) is 10.6. The lowest BCUT2D eigenvalue weighted by molar-refractivity contribution is 0.842. The van der Waals surface area contributed by atoms with Gasteiger partial charge in [0.25, 0.3) is 0 Å². The number of rotatable bonds is 2. The van der Waals surface area contributed by atoms with E-state index >= 15 is 0 Å². The van der Waals surface area contributed by atoms with Gasteiger partial charge in [0.05, 0.1) is 0 Å². The second kappa shape index (κ2) is 5.30. The van der Waals surface area contributed by atoms with Crippen molar-refractivity contribution < 1.29 is 0 Å². The Hall–Kier alpha value is -0.470. The molecule has 0 atom stereocenters. The molecule has 0 bridgehead atoms. The van der Waals surface area contributed by atoms with Crippen molar-refractivity contribution in [2.24, 2.45) is 4.99 Å². The van der Waals surface area contributed by atoms with Gasteiger partial charge in [-0.2, -0.15) is 0 Å². The maximum absolute atomic E-state index is 5.92. The molecule has 0 saturated carbocycles. The lowest BCUT2D eigenvalue weighted by Crippen LogP contribution is -1.91. The minimum atomic E-state index is 0.253. The van der Waals surface area contributed by atoms with Gasteiger partial charge in [-0.1, -0.05) is 41.6 Å². The van der Waals surface area contributed by atoms with Gasteiger partial charge in [0.1, 0.15) is 0 Å². The molecule has 1 aromatic carbocycles. The number of halogens is 1. The molecule has 13 heavy (non-hydrogen) atoms. The highest BCUT2D eigenvalue weighted by Gasteiger charge is 1.98. The van der Waals surface area contributed by atoms with Crippen LogP contribution in [-0.2, 0) is 0 Å². The van der Waals surface area contributed by atoms with Gasteiger partial charge in [0.15, 0.2) is 4.50 Å². The van der Waals surface area contributed by atoms with Gasteiger partial charge in [-0.15, -0.1) is 0 Å². The van der Waals surface area contributed by atoms with E-state index in [1.165, 1.54) is 11.8 Å². The Bertz CT molecular complexity index is 282. The summed E-state index contributed by atoms with van der Waals surface area (Å²) in [7, 11) is 0. The van der Waals surface area contributed by atoms with Crippen LogP contribution in [0.3, 0.4) is 0 Å². The molecule has 0 radical (unpaired) electrons. The average molecular weight is 214 g/mol. The monoisotopic (exact) mass is 213 g/mol. The first-order valence-corrected chi connectivity index (χ1v) is 5.34. The fourth-order valence-electron chi connectivity index (χ4n) is 0.815. The van der Waals surface area contributed by atoms with Crippen LogP contribution in [0.2, 0.25) is 0 Å². The zero-order valence-electron chi connectivity index (χ0n) is 7.70. The third kappa shape index (κ3) is 4.34. The van der Waals surface area contributed by atoms with E-state index in [9.17, 15) is 0 Å². The molecule has 0 aliphatic heterocycles. The van der Waals surface area contributed by atoms with Gasteiger partial charge in [-0.3, -0.25) is 4.99 Å². The standard InChI is InChI=1S/C10H12ClNS/c1-8(2)12-10(11)13-9-6-4-3-5-7-9/h3-8H,1-2H3. The van der Waals surface area contributed by atoms with E-state index in [1.807, 2.05) is 44.2 Å². The maximum Gasteiger partial charge on any atom is 0.163 e. The molecule has 3 heteroatoms. The Morgan fingerprint density at radius 1 is 1.31 bits per heavy atom. The summed E-state index contributed by atoms with van der Waals surface area (Å²) < 4.78 is 0.598. The highest BCUT2D eigenvalue weighted by atomic mass is 35.5. The van der Waals surface area contributed by atoms with Crippen LogP contribution < -0.4 is 0 Å². The summed E-state index contributed by atoms with van der Waals surface area (Å²) in [4.78, 5) is 5.34. The van der Waals surface area contributed by atoms with Crippen LogP contribution in [-0.4, -0.2) is 10.5 Å². The molecule has 0 spiro atoms. The van der Waals surface area contributed by atoms with Crippen molar-refractivity contribution in [1.29, 1.82) is 0 Å². The largest absolute Gasteiger partial charge is 0.264 e. The van der Waals surface area contributed by atoms with Crippen molar-refractivity contribution >= 4 is 27.9 Å². The highest BCUT2D eigenvalue weighted by Crippen LogP contribution is 2.21. The molecule has 0 N–H and O–H groups in total. The molecule has 1 aromatic rings. The van der Waals surface area contributed by atoms with Crippen molar-refractivity contribution in [1.82, 2.24) is 0 Å². The molecule has 0 aliphatic rings. The molecule has 0 fully saturated rings. The van der Waals surface area contributed by atoms with Gasteiger partial charge >= 0.3 is 0 Å². The van der Waals surface area contributed by atoms with E-state index in [-0.39, 0.29) is 6.04 Å². The van der Waals surface area contributed by atoms with Crippen LogP contribution in [0.25, 0.3) is 0 Å². The fraction of sp³-hybridized carbons (Fsp3) is 0.300. The highest BCUT2D eigenvalue weighted by molar-refractivity contribution is 8.16. The maximum atomic E-state index is 5.92. The van der Waals surface area contributed by atoms with E-state index in [2.05, 4.69) is 4.99 Å². The minimum absolute atomic E-state index is 0.253. The van der Waals surface area contributed by atoms with Gasteiger partial charge in [0.2, 0.25) is 0 Å². The molecule has 0 unspecified atom stereocenters. The molecule has 0 heterocycles. The molecule has 1 rings (SSSR count). The summed E-state index contributed by atoms with van der Waals surface area (Å²) in [5.41, 5.74) is 0. The van der Waals surface area contributed by atoms with Gasteiger partial charge in [0, 0.05) is 10.9 Å². The van der Waals surface area contributed by atoms with E-state index in [4.69, 9.17) is 11.6 Å². The fourth-order valence-corrected chi connectivity index (χ4v) is 2.03. The van der Waals surface area contributed by atoms with Crippen molar-refractivity contribution in [2.75, 3.05) is 0 Å². The minimum Gasteiger partial charge on any atom is -0.264 e. The van der Waals surface area contributed by atoms with Crippen molar-refractivity contribution in [3.63, 3.8) is 0 Å². The number of hydrogen-bond acceptors (Lipinski definition) is 2. The third-order valence-corrected chi connectivity index (χ3v) is 2.42. The Balaban J connectivity index is 2.60. The second-order valence-electron chi connectivity index (χ2n) is 2.89. The zero-order valence-corrected chi connectivity index (χ0v) is 9.27. The number of aliphatic imine (C=N–C) groups is 1. The van der Waals surface area contributed by atoms with Crippen LogP contribution in [0.15, 0.2) is 40.2 Å². The average Bonchev–Trinajstić information content (AvgIpc) is 2.04. The summed E-state index contributed by atoms with van der Waals surface area (Å²) in [6.07, 6.45) is 0. The molecular formula is C10H12ClNS. The van der Waals surface area contributed by atoms with E-state index in [1.54, 1.807) is 0 Å². The van der Waals surface area contributed by atoms with Gasteiger partial charge in [-0.25, -0.2) is 0 Å². The van der Waals surface area contributed by atoms with E-state index in [0.717, 1.165) is 4.90 Å². The lowest BCUT2D eigenvalue weighted by atomic mass is 10.4. The molecule has 1 nitrogen and oxygen atoms in total. The van der Waals surface area contributed by atoms with Gasteiger partial charge in [-0.05, 0) is 26.0 Å². The summed E-state index contributed by atoms with van der Waals surface area (Å²) >= 11 is 7.41. The molecular weight excluding hydrogens is 202 g/mol. The van der Waals surface area contributed by atoms with E-state index < -0.39 is 0 Å². The Kier molecular flexibility index (Phi) is 4.33. The summed E-state index contributed by atoms with van der Waals surface area (Å²) in [6.45, 7) is 4.02. The smallest absolute Gasteiger partial charge is 0.163 e. The first-order valence-electron chi connectivity index (χ1n) is 4.14. The van der Waals surface area contributed by atoms with Crippen LogP contribution in [0, 0.1) is 0 Å². The molecule has 0 aromatic heterocycles. The Morgan fingerprint density at radius 2 is 1.92 bits per heavy atom. The number of hydrogen-bond donors (Lipinski definition) is 0. The van der Waals surface area contributed by atoms with Crippen LogP contribution in [0.1, 0.15) is 13.8 Å². The quantitative estimate of drug-likeness (QED) is 0.414. The molecule has 0 saturated heterocycles. The summed E-state index contributed by atoms with van der Waals surface area (Å²) in [6, 6.07) is 10.2. The van der Waals surface area contributed by atoms with Gasteiger partial charge < -0.3 is 0 Å². The summed E-state index contributed by atoms with van der Waals surface area (Å²) in [5, 5.41) is 0. The topological polar surface area (TPSA) is 12.4 Å². The SMILES string of the molecule is CC(C)N=C(Cl)Sc1ccccc1. The third-order valence-electron chi connectivity index (χ3n) is 1.30. The van der Waals surface area contributed by atoms with Crippen molar-refractivity contribution in [3.8, 4) is 0 Å². The number of benzene rings is 1. The molecule has 0 aliphatic carbocycles. The Labute approximate surface area is 88.2 Å². The first-order chi connectivity index (χ1) is 6.18. The van der Waals surface area contributed by atoms with E-state index in [0.29, 0.717) is 4.50 Å². The molecule has 70 valence electrons. The number of nitrogens with zero attached hydrogens (tertiary/aromatic N) is 1. The van der Waals surface area contributed by atoms with Crippen LogP contribution in [0.5, 0.6) is 0 Å². The predicted molar refractivity (Wildman–Crippen MR) is 60.7 cm³/mol. The van der Waals surface area contributed by atoms with Crippen LogP contribution >= 0.6 is 23.4 Å². The van der Waals surface area contributed by atoms with Crippen molar-refractivity contribution in [3.05, 3.63) is 30.3 Å². The normalized spacial score (nSPS) is 12.2. The summed E-state index contributed by atoms with van der Waals surface area (Å²) in [5.74, 6) is 0. The van der Waals surface area contributed by atoms with Crippen LogP contribution in [0.4, 0.5) is 0 Å². The second-order valence-corrected chi connectivity index (χ2v) is 4.54.